The molecule has 0 bridgehead atoms. The van der Waals surface area contributed by atoms with Gasteiger partial charge in [0.15, 0.2) is 23.3 Å². The Morgan fingerprint density at radius 3 is 1.06 bits per heavy atom. The first-order valence-corrected chi connectivity index (χ1v) is 20.7. The van der Waals surface area contributed by atoms with Crippen molar-refractivity contribution in [3.63, 3.8) is 0 Å². The first-order chi connectivity index (χ1) is 30.7. The molecule has 12 rings (SSSR count). The summed E-state index contributed by atoms with van der Waals surface area (Å²) in [5.74, 6) is 4.15. The lowest BCUT2D eigenvalue weighted by Crippen LogP contribution is -2.32. The summed E-state index contributed by atoms with van der Waals surface area (Å²) in [6.07, 6.45) is 0. The summed E-state index contributed by atoms with van der Waals surface area (Å²) >= 11 is 0. The molecular formula is C56H35N5O. The highest BCUT2D eigenvalue weighted by Crippen LogP contribution is 2.62. The minimum absolute atomic E-state index is 0.596. The summed E-state index contributed by atoms with van der Waals surface area (Å²) in [7, 11) is 0. The van der Waals surface area contributed by atoms with Crippen molar-refractivity contribution in [3.8, 4) is 90.7 Å². The Kier molecular flexibility index (Phi) is 8.28. The maximum atomic E-state index is 6.65. The molecule has 0 atom stereocenters. The third-order valence-corrected chi connectivity index (χ3v) is 12.0. The summed E-state index contributed by atoms with van der Waals surface area (Å²) in [6, 6.07) is 73.1. The Morgan fingerprint density at radius 2 is 0.629 bits per heavy atom. The topological polar surface area (TPSA) is 73.7 Å². The van der Waals surface area contributed by atoms with Gasteiger partial charge in [0.1, 0.15) is 11.5 Å². The van der Waals surface area contributed by atoms with Crippen molar-refractivity contribution in [2.24, 2.45) is 0 Å². The van der Waals surface area contributed by atoms with Crippen molar-refractivity contribution in [3.05, 3.63) is 235 Å². The molecule has 2 aliphatic rings. The van der Waals surface area contributed by atoms with E-state index in [4.69, 9.17) is 29.7 Å². The van der Waals surface area contributed by atoms with E-state index in [-0.39, 0.29) is 0 Å². The number of aromatic nitrogens is 5. The fourth-order valence-electron chi connectivity index (χ4n) is 9.21. The van der Waals surface area contributed by atoms with Crippen molar-refractivity contribution in [2.75, 3.05) is 0 Å². The molecule has 1 aliphatic heterocycles. The molecule has 2 aromatic heterocycles. The first-order valence-electron chi connectivity index (χ1n) is 20.7. The Bertz CT molecular complexity index is 2980. The van der Waals surface area contributed by atoms with Gasteiger partial charge in [0.2, 0.25) is 0 Å². The van der Waals surface area contributed by atoms with E-state index in [1.54, 1.807) is 0 Å². The van der Waals surface area contributed by atoms with E-state index >= 15 is 0 Å². The Balaban J connectivity index is 1.11. The highest BCUT2D eigenvalue weighted by atomic mass is 16.5. The molecule has 290 valence electrons. The fourth-order valence-corrected chi connectivity index (χ4v) is 9.21. The zero-order valence-electron chi connectivity index (χ0n) is 33.4. The maximum Gasteiger partial charge on any atom is 0.164 e. The van der Waals surface area contributed by atoms with Crippen molar-refractivity contribution in [1.29, 1.82) is 0 Å². The van der Waals surface area contributed by atoms with Crippen molar-refractivity contribution in [2.45, 2.75) is 5.41 Å². The summed E-state index contributed by atoms with van der Waals surface area (Å²) in [5.41, 5.74) is 13.4. The minimum atomic E-state index is -0.668. The smallest absolute Gasteiger partial charge is 0.164 e. The van der Waals surface area contributed by atoms with Crippen molar-refractivity contribution in [1.82, 2.24) is 24.9 Å². The average molecular weight is 794 g/mol. The molecule has 6 heteroatoms. The second-order valence-electron chi connectivity index (χ2n) is 15.6. The lowest BCUT2D eigenvalue weighted by Gasteiger charge is -2.39. The number of hydrogen-bond acceptors (Lipinski definition) is 6. The van der Waals surface area contributed by atoms with Gasteiger partial charge in [-0.1, -0.05) is 182 Å². The van der Waals surface area contributed by atoms with E-state index < -0.39 is 5.41 Å². The van der Waals surface area contributed by atoms with E-state index in [0.29, 0.717) is 23.3 Å². The van der Waals surface area contributed by atoms with Gasteiger partial charge in [0, 0.05) is 44.5 Å². The van der Waals surface area contributed by atoms with Gasteiger partial charge in [-0.05, 0) is 52.6 Å². The number of nitrogens with zero attached hydrogens (tertiary/aromatic N) is 5. The zero-order valence-corrected chi connectivity index (χ0v) is 33.4. The van der Waals surface area contributed by atoms with Crippen LogP contribution in [0.4, 0.5) is 0 Å². The van der Waals surface area contributed by atoms with Crippen LogP contribution in [-0.4, -0.2) is 24.9 Å². The molecule has 8 aromatic carbocycles. The molecule has 10 aromatic rings. The van der Waals surface area contributed by atoms with Crippen LogP contribution >= 0.6 is 0 Å². The van der Waals surface area contributed by atoms with Gasteiger partial charge in [-0.3, -0.25) is 0 Å². The number of hydrogen-bond donors (Lipinski definition) is 0. The van der Waals surface area contributed by atoms with Gasteiger partial charge in [-0.2, -0.15) is 0 Å². The third-order valence-electron chi connectivity index (χ3n) is 12.0. The lowest BCUT2D eigenvalue weighted by molar-refractivity contribution is 0.436. The molecular weight excluding hydrogens is 759 g/mol. The normalized spacial score (nSPS) is 12.8. The van der Waals surface area contributed by atoms with Crippen LogP contribution in [0.15, 0.2) is 212 Å². The van der Waals surface area contributed by atoms with Gasteiger partial charge in [-0.15, -0.1) is 0 Å². The maximum absolute atomic E-state index is 6.65. The summed E-state index contributed by atoms with van der Waals surface area (Å²) in [5, 5.41) is 0. The second kappa shape index (κ2) is 14.4. The van der Waals surface area contributed by atoms with Crippen LogP contribution in [0, 0.1) is 0 Å². The molecule has 1 spiro atoms. The third kappa shape index (κ3) is 5.76. The predicted molar refractivity (Wildman–Crippen MR) is 245 cm³/mol. The Morgan fingerprint density at radius 1 is 0.274 bits per heavy atom. The van der Waals surface area contributed by atoms with E-state index in [0.717, 1.165) is 89.6 Å². The number of ether oxygens (including phenoxy) is 1. The van der Waals surface area contributed by atoms with Crippen LogP contribution in [0.3, 0.4) is 0 Å². The second-order valence-corrected chi connectivity index (χ2v) is 15.6. The van der Waals surface area contributed by atoms with Gasteiger partial charge in [-0.25, -0.2) is 24.9 Å². The van der Waals surface area contributed by atoms with Gasteiger partial charge < -0.3 is 4.74 Å². The summed E-state index contributed by atoms with van der Waals surface area (Å²) in [4.78, 5) is 25.7. The first kappa shape index (κ1) is 35.6. The van der Waals surface area contributed by atoms with Gasteiger partial charge in [0.05, 0.1) is 16.8 Å². The number of benzene rings is 8. The minimum Gasteiger partial charge on any atom is -0.457 e. The van der Waals surface area contributed by atoms with Crippen LogP contribution in [-0.2, 0) is 5.41 Å². The number of fused-ring (bicyclic) bond motifs is 9. The molecule has 0 N–H and O–H groups in total. The van der Waals surface area contributed by atoms with E-state index in [1.807, 2.05) is 109 Å². The van der Waals surface area contributed by atoms with Crippen LogP contribution in [0.5, 0.6) is 11.5 Å². The summed E-state index contributed by atoms with van der Waals surface area (Å²) < 4.78 is 6.65. The Labute approximate surface area is 359 Å². The SMILES string of the molecule is c1ccc(-c2cc(-c3ccccc3)nc(-c3ccc4c(c3)-c3cc(-c5nc(-c6ccccc6)nc(-c6ccccc6)n5)ccc3C43c4ccccc4Oc4ccccc43)n2)cc1. The Hall–Kier alpha value is -8.35. The molecule has 1 aliphatic carbocycles. The lowest BCUT2D eigenvalue weighted by atomic mass is 9.66. The molecule has 0 saturated carbocycles. The van der Waals surface area contributed by atoms with Gasteiger partial charge >= 0.3 is 0 Å². The standard InChI is InChI=1S/C56H35N5O/c1-5-17-36(18-6-1)48-35-49(37-19-7-2-8-20-37)58-54(57-48)40-29-31-44-42(33-40)43-34-41(55-60-52(38-21-9-3-10-22-38)59-53(61-55)39-23-11-4-12-24-39)30-32-45(43)56(44)46-25-13-15-27-50(46)62-51-28-16-14-26-47(51)56/h1-35H. The van der Waals surface area contributed by atoms with Crippen LogP contribution in [0.25, 0.3) is 79.2 Å². The molecule has 3 heterocycles. The number of rotatable bonds is 6. The highest BCUT2D eigenvalue weighted by molar-refractivity contribution is 5.92. The zero-order chi connectivity index (χ0) is 41.0. The van der Waals surface area contributed by atoms with Crippen LogP contribution < -0.4 is 4.74 Å². The fraction of sp³-hybridized carbons (Fsp3) is 0.0179. The van der Waals surface area contributed by atoms with Crippen molar-refractivity contribution >= 4 is 0 Å². The summed E-state index contributed by atoms with van der Waals surface area (Å²) in [6.45, 7) is 0. The van der Waals surface area contributed by atoms with Crippen LogP contribution in [0.2, 0.25) is 0 Å². The molecule has 0 amide bonds. The molecule has 0 unspecified atom stereocenters. The largest absolute Gasteiger partial charge is 0.457 e. The van der Waals surface area contributed by atoms with Crippen LogP contribution in [0.1, 0.15) is 22.3 Å². The van der Waals surface area contributed by atoms with E-state index in [9.17, 15) is 0 Å². The molecule has 6 nitrogen and oxygen atoms in total. The van der Waals surface area contributed by atoms with Gasteiger partial charge in [0.25, 0.3) is 0 Å². The van der Waals surface area contributed by atoms with E-state index in [2.05, 4.69) is 103 Å². The van der Waals surface area contributed by atoms with Crippen molar-refractivity contribution < 1.29 is 4.74 Å². The predicted octanol–water partition coefficient (Wildman–Crippen LogP) is 13.1. The molecule has 0 radical (unpaired) electrons. The number of para-hydroxylation sites is 2. The quantitative estimate of drug-likeness (QED) is 0.167. The monoisotopic (exact) mass is 793 g/mol. The molecule has 62 heavy (non-hydrogen) atoms. The average Bonchev–Trinajstić information content (AvgIpc) is 3.64. The molecule has 0 saturated heterocycles. The molecule has 0 fully saturated rings. The highest BCUT2D eigenvalue weighted by Gasteiger charge is 2.51. The van der Waals surface area contributed by atoms with E-state index in [1.165, 1.54) is 0 Å².